The number of hydrogen-bond acceptors (Lipinski definition) is 4. The van der Waals surface area contributed by atoms with Gasteiger partial charge in [0.15, 0.2) is 0 Å². The highest BCUT2D eigenvalue weighted by atomic mass is 16.4. The highest BCUT2D eigenvalue weighted by molar-refractivity contribution is 5.95. The van der Waals surface area contributed by atoms with Gasteiger partial charge in [-0.3, -0.25) is 19.2 Å². The number of benzene rings is 1. The van der Waals surface area contributed by atoms with Gasteiger partial charge in [0.05, 0.1) is 6.04 Å². The Morgan fingerprint density at radius 1 is 1.28 bits per heavy atom. The molecule has 8 heteroatoms. The molecule has 3 atom stereocenters. The summed E-state index contributed by atoms with van der Waals surface area (Å²) in [5.41, 5.74) is 1.92. The lowest BCUT2D eigenvalue weighted by Gasteiger charge is -2.38. The quantitative estimate of drug-likeness (QED) is 0.686. The van der Waals surface area contributed by atoms with Crippen molar-refractivity contribution in [1.82, 2.24) is 15.5 Å². The maximum atomic E-state index is 12.8. The number of nitrogens with one attached hydrogen (secondary N) is 2. The Morgan fingerprint density at radius 2 is 2.00 bits per heavy atom. The van der Waals surface area contributed by atoms with Crippen LogP contribution < -0.4 is 10.6 Å². The number of carboxylic acids is 1. The third-order valence-electron chi connectivity index (χ3n) is 4.60. The lowest BCUT2D eigenvalue weighted by Crippen LogP contribution is -2.54. The maximum absolute atomic E-state index is 12.8. The SMILES string of the molecule is CC(=O)N[C@@H]1C[C@@H]2c3ccccc3C[C@@H](C(=O)NCC(=O)O)N2C1=O. The van der Waals surface area contributed by atoms with E-state index in [9.17, 15) is 19.2 Å². The van der Waals surface area contributed by atoms with Crippen LogP contribution in [0.25, 0.3) is 0 Å². The zero-order valence-electron chi connectivity index (χ0n) is 13.7. The number of rotatable bonds is 4. The predicted molar refractivity (Wildman–Crippen MR) is 86.4 cm³/mol. The first-order valence-electron chi connectivity index (χ1n) is 8.05. The highest BCUT2D eigenvalue weighted by Crippen LogP contribution is 2.41. The number of nitrogens with zero attached hydrogens (tertiary/aromatic N) is 1. The lowest BCUT2D eigenvalue weighted by atomic mass is 9.88. The molecule has 2 heterocycles. The van der Waals surface area contributed by atoms with Gasteiger partial charge < -0.3 is 20.6 Å². The van der Waals surface area contributed by atoms with Crippen LogP contribution in [-0.4, -0.2) is 52.3 Å². The van der Waals surface area contributed by atoms with E-state index in [2.05, 4.69) is 10.6 Å². The predicted octanol–water partition coefficient (Wildman–Crippen LogP) is -0.410. The van der Waals surface area contributed by atoms with Crippen LogP contribution in [0, 0.1) is 0 Å². The normalized spacial score (nSPS) is 24.3. The largest absolute Gasteiger partial charge is 0.480 e. The number of hydrogen-bond donors (Lipinski definition) is 3. The van der Waals surface area contributed by atoms with E-state index in [1.165, 1.54) is 11.8 Å². The van der Waals surface area contributed by atoms with E-state index in [4.69, 9.17) is 5.11 Å². The standard InChI is InChI=1S/C17H19N3O5/c1-9(21)19-12-7-13-11-5-3-2-4-10(11)6-14(20(13)17(12)25)16(24)18-8-15(22)23/h2-5,12-14H,6-8H2,1H3,(H,18,24)(H,19,21)(H,22,23)/t12-,13-,14+/m1/s1. The molecule has 0 radical (unpaired) electrons. The van der Waals surface area contributed by atoms with Crippen molar-refractivity contribution < 1.29 is 24.3 Å². The van der Waals surface area contributed by atoms with Crippen molar-refractivity contribution >= 4 is 23.7 Å². The van der Waals surface area contributed by atoms with E-state index in [1.807, 2.05) is 24.3 Å². The third kappa shape index (κ3) is 3.19. The van der Waals surface area contributed by atoms with Gasteiger partial charge in [-0.15, -0.1) is 0 Å². The molecule has 3 rings (SSSR count). The van der Waals surface area contributed by atoms with Crippen molar-refractivity contribution in [3.05, 3.63) is 35.4 Å². The fraction of sp³-hybridized carbons (Fsp3) is 0.412. The van der Waals surface area contributed by atoms with Crippen molar-refractivity contribution in [2.75, 3.05) is 6.54 Å². The topological polar surface area (TPSA) is 116 Å². The number of carbonyl (C=O) groups is 4. The number of fused-ring (bicyclic) bond motifs is 3. The molecule has 1 saturated heterocycles. The van der Waals surface area contributed by atoms with Gasteiger partial charge in [0.2, 0.25) is 17.7 Å². The zero-order valence-corrected chi connectivity index (χ0v) is 13.7. The first-order valence-corrected chi connectivity index (χ1v) is 8.05. The molecule has 1 aromatic rings. The molecule has 0 aliphatic carbocycles. The van der Waals surface area contributed by atoms with Crippen molar-refractivity contribution in [2.45, 2.75) is 37.9 Å². The van der Waals surface area contributed by atoms with Gasteiger partial charge in [-0.2, -0.15) is 0 Å². The molecule has 3 N–H and O–H groups in total. The second-order valence-corrected chi connectivity index (χ2v) is 6.28. The second-order valence-electron chi connectivity index (χ2n) is 6.28. The molecule has 3 amide bonds. The first-order chi connectivity index (χ1) is 11.9. The van der Waals surface area contributed by atoms with Crippen molar-refractivity contribution in [2.24, 2.45) is 0 Å². The zero-order chi connectivity index (χ0) is 18.1. The second kappa shape index (κ2) is 6.54. The van der Waals surface area contributed by atoms with Crippen LogP contribution in [0.15, 0.2) is 24.3 Å². The van der Waals surface area contributed by atoms with Crippen molar-refractivity contribution in [3.63, 3.8) is 0 Å². The molecule has 2 aliphatic rings. The summed E-state index contributed by atoms with van der Waals surface area (Å²) in [5.74, 6) is -2.27. The Balaban J connectivity index is 1.92. The maximum Gasteiger partial charge on any atom is 0.322 e. The number of amides is 3. The van der Waals surface area contributed by atoms with Crippen molar-refractivity contribution in [3.8, 4) is 0 Å². The molecule has 25 heavy (non-hydrogen) atoms. The minimum Gasteiger partial charge on any atom is -0.480 e. The Morgan fingerprint density at radius 3 is 2.68 bits per heavy atom. The van der Waals surface area contributed by atoms with E-state index in [0.717, 1.165) is 11.1 Å². The van der Waals surface area contributed by atoms with Crippen LogP contribution in [0.2, 0.25) is 0 Å². The number of carboxylic acid groups (broad SMARTS) is 1. The average molecular weight is 345 g/mol. The first kappa shape index (κ1) is 16.9. The van der Waals surface area contributed by atoms with Gasteiger partial charge >= 0.3 is 5.97 Å². The fourth-order valence-corrected chi connectivity index (χ4v) is 3.64. The molecule has 1 aromatic carbocycles. The average Bonchev–Trinajstić information content (AvgIpc) is 2.88. The molecule has 0 unspecified atom stereocenters. The molecule has 8 nitrogen and oxygen atoms in total. The van der Waals surface area contributed by atoms with Crippen LogP contribution in [0.5, 0.6) is 0 Å². The molecule has 132 valence electrons. The lowest BCUT2D eigenvalue weighted by molar-refractivity contribution is -0.143. The summed E-state index contributed by atoms with van der Waals surface area (Å²) >= 11 is 0. The third-order valence-corrected chi connectivity index (χ3v) is 4.60. The monoisotopic (exact) mass is 345 g/mol. The van der Waals surface area contributed by atoms with E-state index < -0.39 is 30.5 Å². The molecule has 0 saturated carbocycles. The van der Waals surface area contributed by atoms with Crippen LogP contribution in [-0.2, 0) is 25.6 Å². The molecular weight excluding hydrogens is 326 g/mol. The minimum absolute atomic E-state index is 0.307. The summed E-state index contributed by atoms with van der Waals surface area (Å²) in [6.07, 6.45) is 0.703. The van der Waals surface area contributed by atoms with E-state index in [1.54, 1.807) is 0 Å². The number of aliphatic carboxylic acids is 1. The van der Waals surface area contributed by atoms with Gasteiger partial charge in [0, 0.05) is 19.8 Å². The van der Waals surface area contributed by atoms with Gasteiger partial charge in [-0.05, 0) is 11.1 Å². The van der Waals surface area contributed by atoms with Gasteiger partial charge in [-0.25, -0.2) is 0 Å². The van der Waals surface area contributed by atoms with E-state index >= 15 is 0 Å². The Kier molecular flexibility index (Phi) is 4.43. The summed E-state index contributed by atoms with van der Waals surface area (Å²) in [6, 6.07) is 5.78. The molecule has 1 fully saturated rings. The summed E-state index contributed by atoms with van der Waals surface area (Å²) in [7, 11) is 0. The Labute approximate surface area is 144 Å². The highest BCUT2D eigenvalue weighted by Gasteiger charge is 2.49. The Bertz CT molecular complexity index is 748. The van der Waals surface area contributed by atoms with Crippen LogP contribution in [0.4, 0.5) is 0 Å². The summed E-state index contributed by atoms with van der Waals surface area (Å²) < 4.78 is 0. The van der Waals surface area contributed by atoms with Gasteiger partial charge in [0.1, 0.15) is 18.6 Å². The van der Waals surface area contributed by atoms with Crippen LogP contribution >= 0.6 is 0 Å². The fourth-order valence-electron chi connectivity index (χ4n) is 3.64. The molecule has 0 bridgehead atoms. The molecule has 0 aromatic heterocycles. The summed E-state index contributed by atoms with van der Waals surface area (Å²) in [5, 5.41) is 13.7. The van der Waals surface area contributed by atoms with Crippen LogP contribution in [0.3, 0.4) is 0 Å². The number of carbonyl (C=O) groups excluding carboxylic acids is 3. The van der Waals surface area contributed by atoms with Crippen LogP contribution in [0.1, 0.15) is 30.5 Å². The summed E-state index contributed by atoms with van der Waals surface area (Å²) in [4.78, 5) is 48.8. The van der Waals surface area contributed by atoms with E-state index in [0.29, 0.717) is 12.8 Å². The minimum atomic E-state index is -1.15. The molecular formula is C17H19N3O5. The van der Waals surface area contributed by atoms with Gasteiger partial charge in [0.25, 0.3) is 0 Å². The van der Waals surface area contributed by atoms with Gasteiger partial charge in [-0.1, -0.05) is 24.3 Å². The molecule has 0 spiro atoms. The molecule has 2 aliphatic heterocycles. The Hall–Kier alpha value is -2.90. The summed E-state index contributed by atoms with van der Waals surface area (Å²) in [6.45, 7) is 0.842. The smallest absolute Gasteiger partial charge is 0.322 e. The van der Waals surface area contributed by atoms with E-state index in [-0.39, 0.29) is 17.9 Å². The van der Waals surface area contributed by atoms with Crippen molar-refractivity contribution in [1.29, 1.82) is 0 Å².